The van der Waals surface area contributed by atoms with Crippen LogP contribution < -0.4 is 0 Å². The van der Waals surface area contributed by atoms with Crippen molar-refractivity contribution in [2.45, 2.75) is 13.5 Å². The lowest BCUT2D eigenvalue weighted by Gasteiger charge is -2.05. The number of aromatic amines is 1. The molecule has 5 heteroatoms. The van der Waals surface area contributed by atoms with Crippen molar-refractivity contribution in [2.75, 3.05) is 0 Å². The van der Waals surface area contributed by atoms with E-state index in [-0.39, 0.29) is 5.82 Å². The molecule has 3 aromatic rings. The van der Waals surface area contributed by atoms with Crippen LogP contribution >= 0.6 is 0 Å². The Balaban J connectivity index is 2.14. The van der Waals surface area contributed by atoms with Gasteiger partial charge in [0.1, 0.15) is 11.5 Å². The Morgan fingerprint density at radius 1 is 1.09 bits per heavy atom. The second-order valence-electron chi connectivity index (χ2n) is 4.77. The molecule has 0 unspecified atom stereocenters. The highest BCUT2D eigenvalue weighted by Crippen LogP contribution is 2.33. The van der Waals surface area contributed by atoms with Gasteiger partial charge in [-0.3, -0.25) is 15.1 Å². The number of nitrogens with one attached hydrogen (secondary N) is 1. The molecule has 0 bridgehead atoms. The van der Waals surface area contributed by atoms with E-state index in [4.69, 9.17) is 0 Å². The van der Waals surface area contributed by atoms with Crippen molar-refractivity contribution in [3.8, 4) is 22.4 Å². The van der Waals surface area contributed by atoms with Gasteiger partial charge in [-0.2, -0.15) is 5.10 Å². The van der Waals surface area contributed by atoms with Gasteiger partial charge in [-0.1, -0.05) is 0 Å². The highest BCUT2D eigenvalue weighted by Gasteiger charge is 2.16. The van der Waals surface area contributed by atoms with E-state index >= 15 is 0 Å². The molecule has 0 saturated carbocycles. The van der Waals surface area contributed by atoms with E-state index in [1.807, 2.05) is 19.1 Å². The van der Waals surface area contributed by atoms with Gasteiger partial charge in [-0.15, -0.1) is 0 Å². The fraction of sp³-hybridized carbons (Fsp3) is 0.118. The predicted octanol–water partition coefficient (Wildman–Crippen LogP) is 3.87. The molecule has 0 aliphatic heterocycles. The minimum absolute atomic E-state index is 0.263. The summed E-state index contributed by atoms with van der Waals surface area (Å²) in [5.74, 6) is -0.263. The molecule has 0 aliphatic carbocycles. The number of aliphatic imine (C=N–C) groups is 1. The molecule has 110 valence electrons. The molecule has 3 rings (SSSR count). The maximum absolute atomic E-state index is 13.1. The molecule has 1 N–H and O–H groups in total. The Kier molecular flexibility index (Phi) is 4.05. The van der Waals surface area contributed by atoms with Crippen LogP contribution in [0.2, 0.25) is 0 Å². The molecule has 0 fully saturated rings. The molecular formula is C17H15FN4. The average Bonchev–Trinajstić information content (AvgIpc) is 2.98. The first-order chi connectivity index (χ1) is 10.8. The van der Waals surface area contributed by atoms with Gasteiger partial charge in [0, 0.05) is 23.5 Å². The zero-order valence-corrected chi connectivity index (χ0v) is 12.1. The predicted molar refractivity (Wildman–Crippen MR) is 85.1 cm³/mol. The number of benzene rings is 1. The van der Waals surface area contributed by atoms with Gasteiger partial charge < -0.3 is 0 Å². The zero-order chi connectivity index (χ0) is 15.4. The fourth-order valence-corrected chi connectivity index (χ4v) is 2.32. The summed E-state index contributed by atoms with van der Waals surface area (Å²) < 4.78 is 13.1. The smallest absolute Gasteiger partial charge is 0.123 e. The molecule has 1 aromatic carbocycles. The van der Waals surface area contributed by atoms with Gasteiger partial charge in [0.2, 0.25) is 0 Å². The lowest BCUT2D eigenvalue weighted by atomic mass is 10.00. The number of nitrogens with zero attached hydrogens (tertiary/aromatic N) is 3. The van der Waals surface area contributed by atoms with Gasteiger partial charge in [0.25, 0.3) is 0 Å². The lowest BCUT2D eigenvalue weighted by Crippen LogP contribution is -1.88. The summed E-state index contributed by atoms with van der Waals surface area (Å²) in [5.41, 5.74) is 4.54. The summed E-state index contributed by atoms with van der Waals surface area (Å²) in [5, 5.41) is 7.45. The van der Waals surface area contributed by atoms with Crippen molar-refractivity contribution in [3.05, 3.63) is 60.3 Å². The number of H-pyrrole nitrogens is 1. The third-order valence-electron chi connectivity index (χ3n) is 3.36. The monoisotopic (exact) mass is 294 g/mol. The summed E-state index contributed by atoms with van der Waals surface area (Å²) in [4.78, 5) is 8.33. The van der Waals surface area contributed by atoms with Crippen LogP contribution in [0.15, 0.2) is 53.8 Å². The van der Waals surface area contributed by atoms with E-state index in [1.165, 1.54) is 12.1 Å². The Bertz CT molecular complexity index is 776. The molecule has 0 saturated heterocycles. The van der Waals surface area contributed by atoms with Crippen LogP contribution in [0.4, 0.5) is 4.39 Å². The number of pyridine rings is 1. The van der Waals surface area contributed by atoms with Crippen molar-refractivity contribution >= 4 is 6.21 Å². The summed E-state index contributed by atoms with van der Waals surface area (Å²) in [6.07, 6.45) is 5.24. The maximum atomic E-state index is 13.1. The minimum Gasteiger partial charge on any atom is -0.291 e. The van der Waals surface area contributed by atoms with Crippen molar-refractivity contribution < 1.29 is 4.39 Å². The van der Waals surface area contributed by atoms with E-state index in [1.54, 1.807) is 30.7 Å². The quantitative estimate of drug-likeness (QED) is 0.743. The Labute approximate surface area is 127 Å². The number of halogens is 1. The number of hydrogen-bond acceptors (Lipinski definition) is 3. The summed E-state index contributed by atoms with van der Waals surface area (Å²) in [6, 6.07) is 10.2. The van der Waals surface area contributed by atoms with Crippen LogP contribution in [0.1, 0.15) is 12.6 Å². The molecule has 2 aromatic heterocycles. The molecule has 0 aliphatic rings. The number of rotatable bonds is 4. The number of hydrogen-bond donors (Lipinski definition) is 1. The molecule has 0 radical (unpaired) electrons. The van der Waals surface area contributed by atoms with Crippen LogP contribution in [0, 0.1) is 5.82 Å². The van der Waals surface area contributed by atoms with Crippen molar-refractivity contribution in [1.82, 2.24) is 15.2 Å². The van der Waals surface area contributed by atoms with Gasteiger partial charge in [-0.25, -0.2) is 4.39 Å². The lowest BCUT2D eigenvalue weighted by molar-refractivity contribution is 0.628. The molecule has 0 spiro atoms. The van der Waals surface area contributed by atoms with Crippen LogP contribution in [-0.2, 0) is 6.54 Å². The highest BCUT2D eigenvalue weighted by molar-refractivity contribution is 5.82. The van der Waals surface area contributed by atoms with E-state index in [0.29, 0.717) is 6.54 Å². The summed E-state index contributed by atoms with van der Waals surface area (Å²) >= 11 is 0. The molecular weight excluding hydrogens is 279 g/mol. The van der Waals surface area contributed by atoms with E-state index in [2.05, 4.69) is 20.2 Å². The second kappa shape index (κ2) is 6.30. The summed E-state index contributed by atoms with van der Waals surface area (Å²) in [7, 11) is 0. The molecule has 4 nitrogen and oxygen atoms in total. The molecule has 22 heavy (non-hydrogen) atoms. The first-order valence-corrected chi connectivity index (χ1v) is 6.97. The van der Waals surface area contributed by atoms with Gasteiger partial charge in [0.15, 0.2) is 0 Å². The fourth-order valence-electron chi connectivity index (χ4n) is 2.32. The summed E-state index contributed by atoms with van der Waals surface area (Å²) in [6.45, 7) is 2.39. The van der Waals surface area contributed by atoms with E-state index < -0.39 is 0 Å². The Morgan fingerprint density at radius 2 is 1.82 bits per heavy atom. The van der Waals surface area contributed by atoms with Crippen molar-refractivity contribution in [2.24, 2.45) is 4.99 Å². The third-order valence-corrected chi connectivity index (χ3v) is 3.36. The first-order valence-electron chi connectivity index (χ1n) is 6.97. The van der Waals surface area contributed by atoms with E-state index in [0.717, 1.165) is 28.1 Å². The van der Waals surface area contributed by atoms with E-state index in [9.17, 15) is 4.39 Å². The topological polar surface area (TPSA) is 53.9 Å². The largest absolute Gasteiger partial charge is 0.291 e. The average molecular weight is 294 g/mol. The van der Waals surface area contributed by atoms with Crippen molar-refractivity contribution in [3.63, 3.8) is 0 Å². The number of aromatic nitrogens is 3. The normalized spacial score (nSPS) is 11.2. The van der Waals surface area contributed by atoms with Crippen LogP contribution in [0.3, 0.4) is 0 Å². The highest BCUT2D eigenvalue weighted by atomic mass is 19.1. The molecule has 0 atom stereocenters. The molecule has 0 amide bonds. The van der Waals surface area contributed by atoms with Gasteiger partial charge >= 0.3 is 0 Å². The standard InChI is InChI=1S/C17H15FN4/c1-2-19-11-15-16(12-7-9-20-10-8-12)17(22-21-15)13-3-5-14(18)6-4-13/h2-10H,11H2,1H3,(H,21,22). The van der Waals surface area contributed by atoms with Crippen LogP contribution in [0.5, 0.6) is 0 Å². The van der Waals surface area contributed by atoms with Crippen LogP contribution in [-0.4, -0.2) is 21.4 Å². The Morgan fingerprint density at radius 3 is 2.50 bits per heavy atom. The zero-order valence-electron chi connectivity index (χ0n) is 12.1. The third kappa shape index (κ3) is 2.79. The maximum Gasteiger partial charge on any atom is 0.123 e. The second-order valence-corrected chi connectivity index (χ2v) is 4.77. The minimum atomic E-state index is -0.263. The first kappa shape index (κ1) is 14.1. The van der Waals surface area contributed by atoms with Gasteiger partial charge in [0.05, 0.1) is 12.2 Å². The molecule has 2 heterocycles. The van der Waals surface area contributed by atoms with Crippen molar-refractivity contribution in [1.29, 1.82) is 0 Å². The van der Waals surface area contributed by atoms with Gasteiger partial charge in [-0.05, 0) is 55.1 Å². The SMILES string of the molecule is CC=NCc1[nH]nc(-c2ccc(F)cc2)c1-c1ccncc1. The van der Waals surface area contributed by atoms with Crippen LogP contribution in [0.25, 0.3) is 22.4 Å². The Hall–Kier alpha value is -2.82.